The van der Waals surface area contributed by atoms with Gasteiger partial charge in [0.15, 0.2) is 0 Å². The van der Waals surface area contributed by atoms with E-state index in [1.165, 1.54) is 83.5 Å². The minimum absolute atomic E-state index is 0.0380. The molecular weight excluding hydrogens is 689 g/mol. The van der Waals surface area contributed by atoms with E-state index in [0.717, 1.165) is 44.9 Å². The summed E-state index contributed by atoms with van der Waals surface area (Å²) in [6.45, 7) is 4.59. The van der Waals surface area contributed by atoms with Crippen LogP contribution in [0.4, 0.5) is 0 Å². The maximum Gasteiger partial charge on any atom is 0.472 e. The summed E-state index contributed by atoms with van der Waals surface area (Å²) < 4.78 is 33.2. The van der Waals surface area contributed by atoms with Crippen LogP contribution in [0, 0.1) is 0 Å². The molecule has 4 N–H and O–H groups in total. The number of aliphatic hydroxyl groups is 1. The van der Waals surface area contributed by atoms with Gasteiger partial charge in [0.05, 0.1) is 25.9 Å². The Morgan fingerprint density at radius 3 is 1.87 bits per heavy atom. The predicted molar refractivity (Wildman–Crippen MR) is 221 cm³/mol. The summed E-state index contributed by atoms with van der Waals surface area (Å²) in [7, 11) is -4.33. The molecule has 0 amide bonds. The maximum atomic E-state index is 12.6. The summed E-state index contributed by atoms with van der Waals surface area (Å²) in [5.74, 6) is -0.492. The predicted octanol–water partition coefficient (Wildman–Crippen LogP) is 11.2. The Labute approximate surface area is 324 Å². The third kappa shape index (κ3) is 39.7. The van der Waals surface area contributed by atoms with Crippen molar-refractivity contribution in [3.8, 4) is 0 Å². The second-order valence-electron chi connectivity index (χ2n) is 13.7. The van der Waals surface area contributed by atoms with E-state index >= 15 is 0 Å². The Balaban J connectivity index is 4.28. The number of nitrogens with two attached hydrogens (primary N) is 1. The number of unbranched alkanes of at least 4 members (excludes halogenated alkanes) is 15. The third-order valence-corrected chi connectivity index (χ3v) is 9.50. The van der Waals surface area contributed by atoms with Crippen molar-refractivity contribution in [2.75, 3.05) is 33.0 Å². The molecule has 0 rings (SSSR count). The van der Waals surface area contributed by atoms with E-state index in [1.54, 1.807) is 6.08 Å². The van der Waals surface area contributed by atoms with Gasteiger partial charge in [0, 0.05) is 19.6 Å². The number of esters is 1. The Kier molecular flexibility index (Phi) is 38.5. The van der Waals surface area contributed by atoms with Gasteiger partial charge in [0.2, 0.25) is 0 Å². The average molecular weight is 768 g/mol. The molecule has 0 spiro atoms. The number of carbonyl (C=O) groups excluding carboxylic acids is 1. The summed E-state index contributed by atoms with van der Waals surface area (Å²) in [5, 5.41) is 10.3. The highest BCUT2D eigenvalue weighted by atomic mass is 31.2. The quantitative estimate of drug-likeness (QED) is 0.0183. The number of allylic oxidation sites excluding steroid dienone is 9. The number of carbonyl (C=O) groups is 1. The highest BCUT2D eigenvalue weighted by molar-refractivity contribution is 7.47. The van der Waals surface area contributed by atoms with Gasteiger partial charge in [-0.15, -0.1) is 0 Å². The van der Waals surface area contributed by atoms with Crippen molar-refractivity contribution in [2.24, 2.45) is 5.73 Å². The Bertz CT molecular complexity index is 1010. The molecular formula is C43H78NO8P. The van der Waals surface area contributed by atoms with Gasteiger partial charge in [0.25, 0.3) is 0 Å². The third-order valence-electron chi connectivity index (χ3n) is 8.51. The van der Waals surface area contributed by atoms with Gasteiger partial charge >= 0.3 is 13.8 Å². The van der Waals surface area contributed by atoms with Crippen LogP contribution in [0.1, 0.15) is 162 Å². The number of ether oxygens (including phenoxy) is 2. The first-order valence-electron chi connectivity index (χ1n) is 20.9. The maximum absolute atomic E-state index is 12.6. The summed E-state index contributed by atoms with van der Waals surface area (Å²) in [4.78, 5) is 22.4. The monoisotopic (exact) mass is 768 g/mol. The van der Waals surface area contributed by atoms with Crippen LogP contribution >= 0.6 is 7.82 Å². The van der Waals surface area contributed by atoms with Crippen molar-refractivity contribution in [3.63, 3.8) is 0 Å². The van der Waals surface area contributed by atoms with E-state index < -0.39 is 26.0 Å². The van der Waals surface area contributed by atoms with Crippen LogP contribution in [0.25, 0.3) is 0 Å². The van der Waals surface area contributed by atoms with Gasteiger partial charge in [0.1, 0.15) is 6.10 Å². The molecule has 0 aliphatic carbocycles. The Hall–Kier alpha value is -1.84. The number of phosphoric acid groups is 1. The molecule has 3 unspecified atom stereocenters. The van der Waals surface area contributed by atoms with Gasteiger partial charge in [-0.25, -0.2) is 4.57 Å². The summed E-state index contributed by atoms with van der Waals surface area (Å²) in [6.07, 6.45) is 44.1. The average Bonchev–Trinajstić information content (AvgIpc) is 3.14. The van der Waals surface area contributed by atoms with Gasteiger partial charge in [-0.05, 0) is 70.6 Å². The zero-order valence-corrected chi connectivity index (χ0v) is 34.5. The van der Waals surface area contributed by atoms with Gasteiger partial charge < -0.3 is 25.2 Å². The van der Waals surface area contributed by atoms with Gasteiger partial charge in [-0.2, -0.15) is 0 Å². The highest BCUT2D eigenvalue weighted by Gasteiger charge is 2.25. The van der Waals surface area contributed by atoms with Crippen molar-refractivity contribution >= 4 is 13.8 Å². The molecule has 0 radical (unpaired) electrons. The van der Waals surface area contributed by atoms with Gasteiger partial charge in [-0.3, -0.25) is 13.8 Å². The molecule has 0 aromatic rings. The second-order valence-corrected chi connectivity index (χ2v) is 15.1. The summed E-state index contributed by atoms with van der Waals surface area (Å²) in [5.41, 5.74) is 5.35. The van der Waals surface area contributed by atoms with E-state index in [0.29, 0.717) is 19.4 Å². The van der Waals surface area contributed by atoms with Crippen LogP contribution in [-0.4, -0.2) is 61.1 Å². The molecule has 0 aliphatic heterocycles. The van der Waals surface area contributed by atoms with Gasteiger partial charge in [-0.1, -0.05) is 145 Å². The minimum atomic E-state index is -4.33. The largest absolute Gasteiger partial charge is 0.472 e. The fraction of sp³-hybridized carbons (Fsp3) is 0.744. The molecule has 0 fully saturated rings. The van der Waals surface area contributed by atoms with Crippen molar-refractivity contribution in [3.05, 3.63) is 60.8 Å². The number of phosphoric ester groups is 1. The van der Waals surface area contributed by atoms with Crippen molar-refractivity contribution in [2.45, 2.75) is 174 Å². The molecule has 9 nitrogen and oxygen atoms in total. The summed E-state index contributed by atoms with van der Waals surface area (Å²) in [6, 6.07) is 0. The summed E-state index contributed by atoms with van der Waals surface area (Å²) >= 11 is 0. The van der Waals surface area contributed by atoms with Crippen LogP contribution in [0.2, 0.25) is 0 Å². The van der Waals surface area contributed by atoms with E-state index in [1.807, 2.05) is 18.2 Å². The first-order valence-corrected chi connectivity index (χ1v) is 22.4. The number of rotatable bonds is 39. The number of hydrogen-bond acceptors (Lipinski definition) is 8. The molecule has 0 saturated carbocycles. The number of aliphatic hydroxyl groups excluding tert-OH is 1. The van der Waals surface area contributed by atoms with Crippen LogP contribution in [0.15, 0.2) is 60.8 Å². The lowest BCUT2D eigenvalue weighted by Crippen LogP contribution is -2.28. The van der Waals surface area contributed by atoms with E-state index in [-0.39, 0.29) is 32.8 Å². The van der Waals surface area contributed by atoms with Crippen molar-refractivity contribution in [1.82, 2.24) is 0 Å². The Morgan fingerprint density at radius 2 is 1.21 bits per heavy atom. The van der Waals surface area contributed by atoms with E-state index in [2.05, 4.69) is 50.3 Å². The van der Waals surface area contributed by atoms with Crippen LogP contribution in [-0.2, 0) is 27.9 Å². The lowest BCUT2D eigenvalue weighted by Gasteiger charge is -2.20. The molecule has 0 aromatic heterocycles. The van der Waals surface area contributed by atoms with Crippen LogP contribution in [0.3, 0.4) is 0 Å². The minimum Gasteiger partial charge on any atom is -0.457 e. The molecule has 10 heteroatoms. The second kappa shape index (κ2) is 39.8. The molecule has 3 atom stereocenters. The van der Waals surface area contributed by atoms with Crippen molar-refractivity contribution in [1.29, 1.82) is 0 Å². The molecule has 0 aliphatic rings. The smallest absolute Gasteiger partial charge is 0.457 e. The molecule has 308 valence electrons. The SMILES string of the molecule is CCCCC/C=C/C/C=C/C/C=C/C=C/C(O)CCCC(=O)OC(COCCCCCCCC/C=C\CCCCCCCC)COP(=O)(O)OCCN. The molecule has 0 saturated heterocycles. The lowest BCUT2D eigenvalue weighted by atomic mass is 10.1. The normalized spacial score (nSPS) is 14.7. The molecule has 0 heterocycles. The highest BCUT2D eigenvalue weighted by Crippen LogP contribution is 2.43. The van der Waals surface area contributed by atoms with Crippen LogP contribution < -0.4 is 5.73 Å². The van der Waals surface area contributed by atoms with E-state index in [4.69, 9.17) is 24.3 Å². The number of hydrogen-bond donors (Lipinski definition) is 3. The fourth-order valence-electron chi connectivity index (χ4n) is 5.39. The van der Waals surface area contributed by atoms with Crippen LogP contribution in [0.5, 0.6) is 0 Å². The first-order chi connectivity index (χ1) is 25.8. The molecule has 0 aromatic carbocycles. The van der Waals surface area contributed by atoms with Crippen molar-refractivity contribution < 1.29 is 37.9 Å². The Morgan fingerprint density at radius 1 is 0.660 bits per heavy atom. The molecule has 53 heavy (non-hydrogen) atoms. The zero-order chi connectivity index (χ0) is 38.9. The fourth-order valence-corrected chi connectivity index (χ4v) is 6.15. The van der Waals surface area contributed by atoms with E-state index in [9.17, 15) is 19.4 Å². The topological polar surface area (TPSA) is 138 Å². The zero-order valence-electron chi connectivity index (χ0n) is 33.6. The molecule has 0 bridgehead atoms. The standard InChI is InChI=1S/C43H78NO8P/c1-3-5-7-9-11-13-15-17-18-19-21-23-25-27-29-31-37-49-39-42(40-51-53(47,48)50-38-36-44)52-43(46)35-32-34-41(45)33-30-28-26-24-22-20-16-14-12-10-8-6-4-2/h12,14,17-18,20,22,26,28,30,33,41-42,45H,3-11,13,15-16,19,21,23-25,27,29,31-32,34-40,44H2,1-2H3,(H,47,48)/b14-12+,18-17-,22-20+,28-26+,33-30+. The first kappa shape index (κ1) is 51.2. The lowest BCUT2D eigenvalue weighted by molar-refractivity contribution is -0.154.